The predicted molar refractivity (Wildman–Crippen MR) is 133 cm³/mol. The lowest BCUT2D eigenvalue weighted by Gasteiger charge is -2.26. The van der Waals surface area contributed by atoms with Crippen LogP contribution in [0.3, 0.4) is 0 Å². The van der Waals surface area contributed by atoms with Gasteiger partial charge < -0.3 is 9.47 Å². The normalized spacial score (nSPS) is 15.3. The van der Waals surface area contributed by atoms with E-state index in [1.54, 1.807) is 0 Å². The van der Waals surface area contributed by atoms with E-state index in [2.05, 4.69) is 63.0 Å². The standard InChI is InChI=1S/C26H33N5OS/c1-21(23-14-8-4-9-15-23)29(2)25(32)20-33-26-28-27-24(19-30-16-10-5-11-17-30)31(26)18-22-12-6-3-7-13-22/h3-4,6-9,12-15,21H,5,10-11,16-20H2,1-2H3. The molecule has 0 aliphatic carbocycles. The first-order valence-electron chi connectivity index (χ1n) is 11.7. The molecule has 1 fully saturated rings. The second-order valence-electron chi connectivity index (χ2n) is 8.69. The Morgan fingerprint density at radius 1 is 0.970 bits per heavy atom. The molecule has 0 saturated carbocycles. The van der Waals surface area contributed by atoms with Crippen LogP contribution < -0.4 is 0 Å². The quantitative estimate of drug-likeness (QED) is 0.433. The molecule has 1 aromatic heterocycles. The second-order valence-corrected chi connectivity index (χ2v) is 9.63. The van der Waals surface area contributed by atoms with Gasteiger partial charge in [-0.1, -0.05) is 78.8 Å². The molecule has 3 aromatic rings. The van der Waals surface area contributed by atoms with E-state index >= 15 is 0 Å². The summed E-state index contributed by atoms with van der Waals surface area (Å²) in [5.41, 5.74) is 2.34. The predicted octanol–water partition coefficient (Wildman–Crippen LogP) is 4.62. The summed E-state index contributed by atoms with van der Waals surface area (Å²) in [6.07, 6.45) is 3.80. The summed E-state index contributed by atoms with van der Waals surface area (Å²) in [6.45, 7) is 5.80. The highest BCUT2D eigenvalue weighted by Gasteiger charge is 2.21. The first kappa shape index (κ1) is 23.5. The molecule has 2 heterocycles. The van der Waals surface area contributed by atoms with Crippen molar-refractivity contribution in [2.45, 2.75) is 50.5 Å². The fraction of sp³-hybridized carbons (Fsp3) is 0.423. The smallest absolute Gasteiger partial charge is 0.233 e. The molecule has 1 unspecified atom stereocenters. The van der Waals surface area contributed by atoms with E-state index in [9.17, 15) is 4.79 Å². The first-order chi connectivity index (χ1) is 16.1. The zero-order valence-corrected chi connectivity index (χ0v) is 20.4. The molecule has 6 nitrogen and oxygen atoms in total. The lowest BCUT2D eigenvalue weighted by molar-refractivity contribution is -0.128. The Morgan fingerprint density at radius 3 is 2.33 bits per heavy atom. The van der Waals surface area contributed by atoms with Crippen LogP contribution in [-0.2, 0) is 17.9 Å². The maximum Gasteiger partial charge on any atom is 0.233 e. The summed E-state index contributed by atoms with van der Waals surface area (Å²) in [6, 6.07) is 20.5. The molecule has 7 heteroatoms. The minimum Gasteiger partial charge on any atom is -0.338 e. The number of amides is 1. The lowest BCUT2D eigenvalue weighted by Crippen LogP contribution is -2.31. The van der Waals surface area contributed by atoms with Gasteiger partial charge in [-0.2, -0.15) is 0 Å². The van der Waals surface area contributed by atoms with E-state index in [4.69, 9.17) is 0 Å². The Balaban J connectivity index is 1.46. The van der Waals surface area contributed by atoms with Crippen molar-refractivity contribution in [1.82, 2.24) is 24.6 Å². The summed E-state index contributed by atoms with van der Waals surface area (Å²) in [4.78, 5) is 17.2. The van der Waals surface area contributed by atoms with E-state index in [0.717, 1.165) is 36.2 Å². The molecule has 174 valence electrons. The second kappa shape index (κ2) is 11.5. The molecule has 1 amide bonds. The molecule has 2 aromatic carbocycles. The zero-order valence-electron chi connectivity index (χ0n) is 19.6. The Bertz CT molecular complexity index is 1020. The fourth-order valence-corrected chi connectivity index (χ4v) is 5.06. The molecule has 1 saturated heterocycles. The molecule has 0 spiro atoms. The van der Waals surface area contributed by atoms with Gasteiger partial charge in [-0.3, -0.25) is 9.69 Å². The summed E-state index contributed by atoms with van der Waals surface area (Å²) < 4.78 is 2.18. The van der Waals surface area contributed by atoms with Gasteiger partial charge in [0, 0.05) is 7.05 Å². The number of piperidine rings is 1. The topological polar surface area (TPSA) is 54.3 Å². The van der Waals surface area contributed by atoms with E-state index in [1.807, 2.05) is 36.2 Å². The van der Waals surface area contributed by atoms with Crippen molar-refractivity contribution in [3.8, 4) is 0 Å². The summed E-state index contributed by atoms with van der Waals surface area (Å²) in [7, 11) is 1.87. The third-order valence-corrected chi connectivity index (χ3v) is 7.32. The fourth-order valence-electron chi connectivity index (χ4n) is 4.18. The highest BCUT2D eigenvalue weighted by molar-refractivity contribution is 7.99. The monoisotopic (exact) mass is 463 g/mol. The van der Waals surface area contributed by atoms with Gasteiger partial charge in [-0.05, 0) is 44.0 Å². The summed E-state index contributed by atoms with van der Waals surface area (Å²) in [5, 5.41) is 9.83. The Labute approximate surface area is 201 Å². The number of hydrogen-bond acceptors (Lipinski definition) is 5. The number of likely N-dealkylation sites (tertiary alicyclic amines) is 1. The Kier molecular flexibility index (Phi) is 8.18. The molecule has 0 radical (unpaired) electrons. The van der Waals surface area contributed by atoms with Gasteiger partial charge >= 0.3 is 0 Å². The van der Waals surface area contributed by atoms with E-state index < -0.39 is 0 Å². The molecular formula is C26H33N5OS. The first-order valence-corrected chi connectivity index (χ1v) is 12.7. The van der Waals surface area contributed by atoms with E-state index in [1.165, 1.54) is 36.6 Å². The van der Waals surface area contributed by atoms with Gasteiger partial charge in [-0.15, -0.1) is 10.2 Å². The molecule has 1 aliphatic rings. The van der Waals surface area contributed by atoms with Gasteiger partial charge in [0.2, 0.25) is 5.91 Å². The van der Waals surface area contributed by atoms with Crippen molar-refractivity contribution in [2.75, 3.05) is 25.9 Å². The number of carbonyl (C=O) groups is 1. The molecule has 0 N–H and O–H groups in total. The van der Waals surface area contributed by atoms with Crippen molar-refractivity contribution in [3.63, 3.8) is 0 Å². The average Bonchev–Trinajstić information content (AvgIpc) is 3.24. The van der Waals surface area contributed by atoms with Crippen LogP contribution in [0.2, 0.25) is 0 Å². The zero-order chi connectivity index (χ0) is 23.0. The number of benzene rings is 2. The molecule has 0 bridgehead atoms. The maximum atomic E-state index is 13.0. The summed E-state index contributed by atoms with van der Waals surface area (Å²) in [5.74, 6) is 1.40. The summed E-state index contributed by atoms with van der Waals surface area (Å²) >= 11 is 1.48. The molecule has 4 rings (SSSR count). The van der Waals surface area contributed by atoms with Crippen LogP contribution in [-0.4, -0.2) is 56.4 Å². The van der Waals surface area contributed by atoms with Crippen LogP contribution in [0.15, 0.2) is 65.8 Å². The number of hydrogen-bond donors (Lipinski definition) is 0. The van der Waals surface area contributed by atoms with Crippen molar-refractivity contribution in [2.24, 2.45) is 0 Å². The van der Waals surface area contributed by atoms with Gasteiger partial charge in [0.25, 0.3) is 0 Å². The molecule has 33 heavy (non-hydrogen) atoms. The highest BCUT2D eigenvalue weighted by Crippen LogP contribution is 2.24. The number of carbonyl (C=O) groups excluding carboxylic acids is 1. The van der Waals surface area contributed by atoms with Gasteiger partial charge in [0.15, 0.2) is 5.16 Å². The largest absolute Gasteiger partial charge is 0.338 e. The SMILES string of the molecule is CC(c1ccccc1)N(C)C(=O)CSc1nnc(CN2CCCCC2)n1Cc1ccccc1. The van der Waals surface area contributed by atoms with Crippen LogP contribution in [0.5, 0.6) is 0 Å². The minimum absolute atomic E-state index is 0.0242. The van der Waals surface area contributed by atoms with Crippen molar-refractivity contribution in [3.05, 3.63) is 77.6 Å². The number of aromatic nitrogens is 3. The Morgan fingerprint density at radius 2 is 1.64 bits per heavy atom. The third-order valence-electron chi connectivity index (χ3n) is 6.37. The van der Waals surface area contributed by atoms with Crippen LogP contribution in [0.25, 0.3) is 0 Å². The Hall–Kier alpha value is -2.64. The maximum absolute atomic E-state index is 13.0. The number of thioether (sulfide) groups is 1. The molecule has 1 aliphatic heterocycles. The highest BCUT2D eigenvalue weighted by atomic mass is 32.2. The van der Waals surface area contributed by atoms with Crippen molar-refractivity contribution >= 4 is 17.7 Å². The van der Waals surface area contributed by atoms with Crippen LogP contribution in [0.4, 0.5) is 0 Å². The number of nitrogens with zero attached hydrogens (tertiary/aromatic N) is 5. The van der Waals surface area contributed by atoms with E-state index in [0.29, 0.717) is 12.3 Å². The van der Waals surface area contributed by atoms with Crippen LogP contribution in [0.1, 0.15) is 49.2 Å². The number of rotatable bonds is 9. The van der Waals surface area contributed by atoms with Crippen LogP contribution in [0, 0.1) is 0 Å². The van der Waals surface area contributed by atoms with Gasteiger partial charge in [0.1, 0.15) is 5.82 Å². The average molecular weight is 464 g/mol. The van der Waals surface area contributed by atoms with E-state index in [-0.39, 0.29) is 11.9 Å². The third kappa shape index (κ3) is 6.24. The van der Waals surface area contributed by atoms with Crippen molar-refractivity contribution < 1.29 is 4.79 Å². The van der Waals surface area contributed by atoms with Crippen molar-refractivity contribution in [1.29, 1.82) is 0 Å². The lowest BCUT2D eigenvalue weighted by atomic mass is 10.1. The molecule has 1 atom stereocenters. The van der Waals surface area contributed by atoms with Crippen LogP contribution >= 0.6 is 11.8 Å². The minimum atomic E-state index is 0.0242. The van der Waals surface area contributed by atoms with Gasteiger partial charge in [-0.25, -0.2) is 0 Å². The van der Waals surface area contributed by atoms with Gasteiger partial charge in [0.05, 0.1) is 24.9 Å². The molecular weight excluding hydrogens is 430 g/mol.